The van der Waals surface area contributed by atoms with Crippen molar-refractivity contribution in [2.24, 2.45) is 0 Å². The Hall–Kier alpha value is -2.08. The second kappa shape index (κ2) is 10.0. The molecule has 25 heavy (non-hydrogen) atoms. The molecule has 0 radical (unpaired) electrons. The lowest BCUT2D eigenvalue weighted by atomic mass is 10.1. The first kappa shape index (κ1) is 19.2. The van der Waals surface area contributed by atoms with Crippen LogP contribution in [0.1, 0.15) is 31.7 Å². The van der Waals surface area contributed by atoms with Crippen LogP contribution >= 0.6 is 0 Å². The smallest absolute Gasteiger partial charge is 0.221 e. The molecule has 6 nitrogen and oxygen atoms in total. The summed E-state index contributed by atoms with van der Waals surface area (Å²) in [5, 5.41) is 2.89. The Labute approximate surface area is 149 Å². The largest absolute Gasteiger partial charge is 0.497 e. The van der Waals surface area contributed by atoms with Gasteiger partial charge >= 0.3 is 0 Å². The highest BCUT2D eigenvalue weighted by Gasteiger charge is 2.17. The number of hydrogen-bond acceptors (Lipinski definition) is 4. The number of carbonyl (C=O) groups excluding carboxylic acids is 2. The molecule has 1 aliphatic heterocycles. The summed E-state index contributed by atoms with van der Waals surface area (Å²) in [5.74, 6) is 0.748. The first-order valence-electron chi connectivity index (χ1n) is 8.85. The molecule has 1 aromatic carbocycles. The third-order valence-electron chi connectivity index (χ3n) is 4.41. The molecule has 138 valence electrons. The number of carbonyl (C=O) groups is 2. The molecule has 1 aliphatic rings. The van der Waals surface area contributed by atoms with Crippen LogP contribution in [0.2, 0.25) is 0 Å². The quantitative estimate of drug-likeness (QED) is 0.739. The summed E-state index contributed by atoms with van der Waals surface area (Å²) in [5.41, 5.74) is 1.11. The van der Waals surface area contributed by atoms with E-state index < -0.39 is 0 Å². The Kier molecular flexibility index (Phi) is 7.73. The number of ether oxygens (including phenoxy) is 2. The highest BCUT2D eigenvalue weighted by Crippen LogP contribution is 2.13. The maximum atomic E-state index is 12.0. The number of nitrogens with zero attached hydrogens (tertiary/aromatic N) is 1. The second-order valence-electron chi connectivity index (χ2n) is 6.30. The molecule has 0 aromatic heterocycles. The average molecular weight is 348 g/mol. The van der Waals surface area contributed by atoms with Crippen LogP contribution < -0.4 is 10.1 Å². The summed E-state index contributed by atoms with van der Waals surface area (Å²) < 4.78 is 10.7. The van der Waals surface area contributed by atoms with Gasteiger partial charge in [-0.3, -0.25) is 9.59 Å². The van der Waals surface area contributed by atoms with Gasteiger partial charge in [-0.2, -0.15) is 0 Å². The lowest BCUT2D eigenvalue weighted by molar-refractivity contribution is -0.129. The molecular formula is C19H28N2O4. The first-order chi connectivity index (χ1) is 12.1. The van der Waals surface area contributed by atoms with Crippen LogP contribution in [-0.2, 0) is 20.7 Å². The number of rotatable bonds is 9. The standard InChI is InChI=1S/C19H28N2O4/c1-15(22)21(10-8-16-5-3-6-17(13-16)24-2)11-9-19(23)20-14-18-7-4-12-25-18/h3,5-6,13,18H,4,7-12,14H2,1-2H3,(H,20,23). The van der Waals surface area contributed by atoms with Gasteiger partial charge in [-0.15, -0.1) is 0 Å². The second-order valence-corrected chi connectivity index (χ2v) is 6.30. The molecule has 1 saturated heterocycles. The van der Waals surface area contributed by atoms with Gasteiger partial charge in [0.2, 0.25) is 11.8 Å². The monoisotopic (exact) mass is 348 g/mol. The Morgan fingerprint density at radius 2 is 2.20 bits per heavy atom. The highest BCUT2D eigenvalue weighted by molar-refractivity contribution is 5.78. The average Bonchev–Trinajstić information content (AvgIpc) is 3.13. The molecule has 1 atom stereocenters. The lowest BCUT2D eigenvalue weighted by Gasteiger charge is -2.21. The topological polar surface area (TPSA) is 67.9 Å². The predicted molar refractivity (Wildman–Crippen MR) is 95.6 cm³/mol. The van der Waals surface area contributed by atoms with Crippen molar-refractivity contribution in [1.29, 1.82) is 0 Å². The van der Waals surface area contributed by atoms with E-state index in [4.69, 9.17) is 9.47 Å². The van der Waals surface area contributed by atoms with Crippen molar-refractivity contribution in [3.8, 4) is 5.75 Å². The number of benzene rings is 1. The molecular weight excluding hydrogens is 320 g/mol. The Morgan fingerprint density at radius 1 is 1.36 bits per heavy atom. The van der Waals surface area contributed by atoms with Gasteiger partial charge in [0.25, 0.3) is 0 Å². The zero-order valence-electron chi connectivity index (χ0n) is 15.1. The molecule has 2 rings (SSSR count). The molecule has 2 amide bonds. The minimum atomic E-state index is -0.0388. The van der Waals surface area contributed by atoms with Crippen molar-refractivity contribution in [3.63, 3.8) is 0 Å². The predicted octanol–water partition coefficient (Wildman–Crippen LogP) is 1.77. The first-order valence-corrected chi connectivity index (χ1v) is 8.85. The number of nitrogens with one attached hydrogen (secondary N) is 1. The van der Waals surface area contributed by atoms with Gasteiger partial charge in [0.05, 0.1) is 13.2 Å². The van der Waals surface area contributed by atoms with E-state index in [2.05, 4.69) is 5.32 Å². The Bertz CT molecular complexity index is 570. The van der Waals surface area contributed by atoms with Gasteiger partial charge in [0.1, 0.15) is 5.75 Å². The molecule has 0 bridgehead atoms. The fourth-order valence-electron chi connectivity index (χ4n) is 2.88. The molecule has 1 fully saturated rings. The molecule has 0 saturated carbocycles. The summed E-state index contributed by atoms with van der Waals surface area (Å²) in [4.78, 5) is 25.5. The van der Waals surface area contributed by atoms with Crippen molar-refractivity contribution < 1.29 is 19.1 Å². The summed E-state index contributed by atoms with van der Waals surface area (Å²) >= 11 is 0. The maximum absolute atomic E-state index is 12.0. The van der Waals surface area contributed by atoms with E-state index in [1.54, 1.807) is 12.0 Å². The van der Waals surface area contributed by atoms with E-state index in [0.717, 1.165) is 37.2 Å². The zero-order valence-corrected chi connectivity index (χ0v) is 15.1. The number of amides is 2. The minimum Gasteiger partial charge on any atom is -0.497 e. The summed E-state index contributed by atoms with van der Waals surface area (Å²) in [6.07, 6.45) is 3.24. The van der Waals surface area contributed by atoms with E-state index >= 15 is 0 Å². The van der Waals surface area contributed by atoms with E-state index in [1.807, 2.05) is 24.3 Å². The van der Waals surface area contributed by atoms with Crippen LogP contribution in [0.15, 0.2) is 24.3 Å². The summed E-state index contributed by atoms with van der Waals surface area (Å²) in [7, 11) is 1.64. The van der Waals surface area contributed by atoms with Crippen LogP contribution in [0, 0.1) is 0 Å². The number of methoxy groups -OCH3 is 1. The molecule has 1 N–H and O–H groups in total. The van der Waals surface area contributed by atoms with Crippen molar-refractivity contribution >= 4 is 11.8 Å². The van der Waals surface area contributed by atoms with Gasteiger partial charge in [-0.1, -0.05) is 12.1 Å². The van der Waals surface area contributed by atoms with Crippen molar-refractivity contribution in [2.45, 2.75) is 38.7 Å². The lowest BCUT2D eigenvalue weighted by Crippen LogP contribution is -2.37. The number of hydrogen-bond donors (Lipinski definition) is 1. The zero-order chi connectivity index (χ0) is 18.1. The molecule has 1 heterocycles. The van der Waals surface area contributed by atoms with Crippen molar-refractivity contribution in [1.82, 2.24) is 10.2 Å². The van der Waals surface area contributed by atoms with Gasteiger partial charge in [0, 0.05) is 39.6 Å². The fourth-order valence-corrected chi connectivity index (χ4v) is 2.88. The maximum Gasteiger partial charge on any atom is 0.221 e. The third-order valence-corrected chi connectivity index (χ3v) is 4.41. The van der Waals surface area contributed by atoms with Crippen molar-refractivity contribution in [3.05, 3.63) is 29.8 Å². The van der Waals surface area contributed by atoms with E-state index in [1.165, 1.54) is 6.92 Å². The molecule has 0 aliphatic carbocycles. The summed E-state index contributed by atoms with van der Waals surface area (Å²) in [6.45, 7) is 3.89. The molecule has 0 spiro atoms. The molecule has 6 heteroatoms. The van der Waals surface area contributed by atoms with E-state index in [0.29, 0.717) is 26.1 Å². The fraction of sp³-hybridized carbons (Fsp3) is 0.579. The van der Waals surface area contributed by atoms with Gasteiger partial charge in [-0.25, -0.2) is 0 Å². The van der Waals surface area contributed by atoms with Crippen LogP contribution in [0.25, 0.3) is 0 Å². The van der Waals surface area contributed by atoms with Gasteiger partial charge < -0.3 is 19.7 Å². The third kappa shape index (κ3) is 6.74. The van der Waals surface area contributed by atoms with Crippen LogP contribution in [0.4, 0.5) is 0 Å². The highest BCUT2D eigenvalue weighted by atomic mass is 16.5. The molecule has 1 unspecified atom stereocenters. The summed E-state index contributed by atoms with van der Waals surface area (Å²) in [6, 6.07) is 7.80. The van der Waals surface area contributed by atoms with Gasteiger partial charge in [0.15, 0.2) is 0 Å². The van der Waals surface area contributed by atoms with Crippen LogP contribution in [0.3, 0.4) is 0 Å². The normalized spacial score (nSPS) is 16.5. The van der Waals surface area contributed by atoms with Gasteiger partial charge in [-0.05, 0) is 37.0 Å². The Morgan fingerprint density at radius 3 is 2.88 bits per heavy atom. The van der Waals surface area contributed by atoms with Crippen LogP contribution in [0.5, 0.6) is 5.75 Å². The van der Waals surface area contributed by atoms with E-state index in [-0.39, 0.29) is 17.9 Å². The minimum absolute atomic E-state index is 0.0187. The van der Waals surface area contributed by atoms with E-state index in [9.17, 15) is 9.59 Å². The van der Waals surface area contributed by atoms with Crippen molar-refractivity contribution in [2.75, 3.05) is 33.4 Å². The SMILES string of the molecule is COc1cccc(CCN(CCC(=O)NCC2CCCO2)C(C)=O)c1. The Balaban J connectivity index is 1.73. The molecule has 1 aromatic rings. The van der Waals surface area contributed by atoms with Crippen LogP contribution in [-0.4, -0.2) is 56.2 Å².